The molecule has 0 saturated heterocycles. The smallest absolute Gasteiger partial charge is 0.369 e. The SMILES string of the molecule is Cc1[nH]c(=O)cc2cc(Br)ccc12.Cc1nc(C(C)C#N)cc2c[c-]ccc12.Cc1nc(C(C)C#N)cc2cc(Br)ccc12.Cc1nc(C(C)C(N)=O)cc2c[c-]ccc12.Cc1nc(Cl)cc2cc(Br)ccc12.N#CCc1cccc(Br)c1.NC(=O)Cc1cccc(Br)c1.[Rb+].[Rb+]. The van der Waals surface area contributed by atoms with E-state index in [1.165, 1.54) is 0 Å². The fraction of sp³-hybridized carbons (Fsp3) is 0.173. The van der Waals surface area contributed by atoms with Gasteiger partial charge in [0.1, 0.15) is 5.15 Å². The molecule has 5 aromatic heterocycles. The van der Waals surface area contributed by atoms with Gasteiger partial charge in [-0.2, -0.15) is 64.3 Å². The second kappa shape index (κ2) is 41.6. The molecule has 3 atom stereocenters. The van der Waals surface area contributed by atoms with Crippen LogP contribution in [0.25, 0.3) is 53.9 Å². The zero-order valence-electron chi connectivity index (χ0n) is 54.6. The predicted octanol–water partition coefficient (Wildman–Crippen LogP) is 13.4. The van der Waals surface area contributed by atoms with E-state index in [-0.39, 0.29) is 152 Å². The Balaban J connectivity index is 0.000000239. The van der Waals surface area contributed by atoms with Crippen molar-refractivity contribution in [3.63, 3.8) is 0 Å². The second-order valence-electron chi connectivity index (χ2n) is 21.5. The number of aryl methyl sites for hydroxylation is 5. The van der Waals surface area contributed by atoms with Gasteiger partial charge in [-0.1, -0.05) is 146 Å². The number of hydrogen-bond donors (Lipinski definition) is 3. The number of fused-ring (bicyclic) bond motifs is 5. The minimum atomic E-state index is -0.358. The summed E-state index contributed by atoms with van der Waals surface area (Å²) >= 11 is 22.7. The molecule has 2 amide bonds. The number of benzene rings is 7. The number of pyridine rings is 5. The normalized spacial score (nSPS) is 11.0. The van der Waals surface area contributed by atoms with Gasteiger partial charge in [-0.3, -0.25) is 29.3 Å². The Bertz CT molecular complexity index is 4900. The van der Waals surface area contributed by atoms with Gasteiger partial charge in [0, 0.05) is 84.4 Å². The number of nitrogens with two attached hydrogens (primary N) is 2. The molecular weight excluding hydrogens is 1690 g/mol. The molecule has 0 aliphatic carbocycles. The van der Waals surface area contributed by atoms with Crippen LogP contribution in [0.3, 0.4) is 0 Å². The average molecular weight is 1760 g/mol. The molecule has 5 heterocycles. The van der Waals surface area contributed by atoms with E-state index in [0.717, 1.165) is 133 Å². The Morgan fingerprint density at radius 2 is 0.906 bits per heavy atom. The van der Waals surface area contributed by atoms with Crippen molar-refractivity contribution in [3.05, 3.63) is 277 Å². The van der Waals surface area contributed by atoms with Crippen LogP contribution < -0.4 is 133 Å². The summed E-state index contributed by atoms with van der Waals surface area (Å²) in [5.41, 5.74) is 19.4. The summed E-state index contributed by atoms with van der Waals surface area (Å²) in [7, 11) is 0. The first-order valence-electron chi connectivity index (χ1n) is 29.1. The molecule has 3 unspecified atom stereocenters. The molecule has 0 saturated carbocycles. The Labute approximate surface area is 704 Å². The van der Waals surface area contributed by atoms with Gasteiger partial charge in [0.25, 0.3) is 0 Å². The summed E-state index contributed by atoms with van der Waals surface area (Å²) in [6.07, 6.45) is 0.791. The fourth-order valence-corrected chi connectivity index (χ4v) is 11.7. The van der Waals surface area contributed by atoms with Gasteiger partial charge in [0.2, 0.25) is 17.4 Å². The molecule has 12 rings (SSSR count). The molecule has 476 valence electrons. The molecule has 13 nitrogen and oxygen atoms in total. The maximum absolute atomic E-state index is 11.1. The number of halogens is 6. The van der Waals surface area contributed by atoms with Crippen LogP contribution >= 0.6 is 91.3 Å². The number of nitrogens with one attached hydrogen (secondary N) is 1. The summed E-state index contributed by atoms with van der Waals surface area (Å²) in [5.74, 6) is -1.34. The van der Waals surface area contributed by atoms with E-state index in [1.54, 1.807) is 13.0 Å². The first-order valence-corrected chi connectivity index (χ1v) is 33.5. The monoisotopic (exact) mass is 1750 g/mol. The Morgan fingerprint density at radius 1 is 0.510 bits per heavy atom. The third kappa shape index (κ3) is 26.0. The Kier molecular flexibility index (Phi) is 36.2. The van der Waals surface area contributed by atoms with Crippen LogP contribution in [0, 0.1) is 80.7 Å². The van der Waals surface area contributed by atoms with E-state index >= 15 is 0 Å². The van der Waals surface area contributed by atoms with E-state index in [4.69, 9.17) is 38.9 Å². The molecule has 7 aromatic carbocycles. The predicted molar refractivity (Wildman–Crippen MR) is 397 cm³/mol. The summed E-state index contributed by atoms with van der Waals surface area (Å²) in [4.78, 5) is 53.0. The van der Waals surface area contributed by atoms with Crippen LogP contribution in [-0.4, -0.2) is 36.7 Å². The van der Waals surface area contributed by atoms with Gasteiger partial charge in [-0.05, 0) is 155 Å². The van der Waals surface area contributed by atoms with Crippen molar-refractivity contribution in [2.75, 3.05) is 0 Å². The Hall–Kier alpha value is -4.90. The van der Waals surface area contributed by atoms with E-state index in [1.807, 2.05) is 206 Å². The van der Waals surface area contributed by atoms with Crippen molar-refractivity contribution in [1.82, 2.24) is 24.9 Å². The third-order valence-corrected chi connectivity index (χ3v) is 17.0. The zero-order chi connectivity index (χ0) is 68.8. The van der Waals surface area contributed by atoms with Crippen molar-refractivity contribution in [1.29, 1.82) is 15.8 Å². The van der Waals surface area contributed by atoms with Crippen LogP contribution in [0.2, 0.25) is 5.15 Å². The van der Waals surface area contributed by atoms with Crippen LogP contribution in [0.5, 0.6) is 0 Å². The molecule has 0 radical (unpaired) electrons. The molecule has 12 aromatic rings. The number of nitrogens with zero attached hydrogens (tertiary/aromatic N) is 7. The number of aromatic amines is 1. The Morgan fingerprint density at radius 3 is 1.36 bits per heavy atom. The second-order valence-corrected chi connectivity index (χ2v) is 26.5. The summed E-state index contributed by atoms with van der Waals surface area (Å²) in [6.45, 7) is 15.2. The maximum Gasteiger partial charge on any atom is 1.00 e. The van der Waals surface area contributed by atoms with Crippen molar-refractivity contribution in [2.24, 2.45) is 11.5 Å². The molecular formula is C75H64Br5ClN10O3Rb2. The number of primary amides is 2. The summed E-state index contributed by atoms with van der Waals surface area (Å²) in [5, 5.41) is 37.6. The van der Waals surface area contributed by atoms with Crippen molar-refractivity contribution < 1.29 is 126 Å². The van der Waals surface area contributed by atoms with Gasteiger partial charge in [-0.25, -0.2) is 4.98 Å². The maximum atomic E-state index is 11.1. The number of aromatic nitrogens is 5. The van der Waals surface area contributed by atoms with Crippen molar-refractivity contribution in [3.8, 4) is 18.2 Å². The first-order chi connectivity index (χ1) is 44.8. The molecule has 5 N–H and O–H groups in total. The third-order valence-electron chi connectivity index (χ3n) is 14.3. The van der Waals surface area contributed by atoms with Crippen LogP contribution in [0.15, 0.2) is 197 Å². The minimum Gasteiger partial charge on any atom is -0.369 e. The molecule has 96 heavy (non-hydrogen) atoms. The van der Waals surface area contributed by atoms with Crippen LogP contribution in [-0.2, 0) is 22.4 Å². The van der Waals surface area contributed by atoms with Crippen molar-refractivity contribution in [2.45, 2.75) is 86.0 Å². The average Bonchev–Trinajstić information content (AvgIpc) is 0.845. The first kappa shape index (κ1) is 83.5. The topological polar surface area (TPSA) is 242 Å². The molecule has 0 fully saturated rings. The number of amides is 2. The number of nitriles is 3. The van der Waals surface area contributed by atoms with Gasteiger partial charge < -0.3 is 16.5 Å². The molecule has 0 bridgehead atoms. The number of rotatable bonds is 7. The van der Waals surface area contributed by atoms with Crippen molar-refractivity contribution >= 4 is 157 Å². The minimum absolute atomic E-state index is 0. The van der Waals surface area contributed by atoms with Gasteiger partial charge >= 0.3 is 116 Å². The number of carbonyl (C=O) groups is 2. The van der Waals surface area contributed by atoms with Crippen LogP contribution in [0.4, 0.5) is 0 Å². The van der Waals surface area contributed by atoms with Gasteiger partial charge in [0.15, 0.2) is 0 Å². The fourth-order valence-electron chi connectivity index (χ4n) is 9.42. The standard InChI is InChI=1S/C13H11BrN2.C13H13N2O.C13H11N2.C10H7BrClN.C10H8BrNO.C8H8BrNO.C8H6BrN.2Rb/c1-8(7-15)13-6-10-5-11(14)3-4-12(10)9(2)16-13;1-8(13(14)16)12-7-10-5-3-4-6-11(10)9(2)15-12;1-9(8-14)13-7-11-5-3-4-6-12(11)10(2)15-13;1-6-9-3-2-8(11)4-7(9)5-10(12)13-6;1-6-9-3-2-8(11)4-7(9)5-10(13)12-6;9-7-3-1-2-6(4-7)5-8(10)11;9-8-3-1-2-7(6-8)4-5-10;;/h3-6,8H,1-2H3;4-8H,1-2H3,(H2,14,16);4-7,9H,1-2H3;2-5H,1H3;2-5H,1H3,(H,12,13);1-4H,5H2,(H2,10,11);1-3,6H,4H2;;/q;2*-1;;;;;2*+1. The molecule has 0 aliphatic heterocycles. The number of H-pyrrole nitrogens is 1. The van der Waals surface area contributed by atoms with Gasteiger partial charge in [0.05, 0.1) is 54.5 Å². The summed E-state index contributed by atoms with van der Waals surface area (Å²) < 4.78 is 5.09. The largest absolute Gasteiger partial charge is 1.00 e. The molecule has 0 aliphatic rings. The van der Waals surface area contributed by atoms with E-state index < -0.39 is 0 Å². The van der Waals surface area contributed by atoms with Crippen LogP contribution in [0.1, 0.15) is 95.2 Å². The van der Waals surface area contributed by atoms with E-state index in [0.29, 0.717) is 18.0 Å². The van der Waals surface area contributed by atoms with E-state index in [2.05, 4.69) is 141 Å². The van der Waals surface area contributed by atoms with E-state index in [9.17, 15) is 14.4 Å². The summed E-state index contributed by atoms with van der Waals surface area (Å²) in [6, 6.07) is 66.8. The number of hydrogen-bond acceptors (Lipinski definition) is 10. The molecule has 0 spiro atoms. The molecule has 21 heteroatoms. The quantitative estimate of drug-likeness (QED) is 0.101. The number of carbonyl (C=O) groups excluding carboxylic acids is 2. The van der Waals surface area contributed by atoms with Gasteiger partial charge in [-0.15, -0.1) is 21.5 Å². The zero-order valence-corrected chi connectivity index (χ0v) is 73.1.